The molecular formula is C19H22N8O. The Balaban J connectivity index is 1.68. The number of pyridine rings is 1. The Morgan fingerprint density at radius 2 is 2.00 bits per heavy atom. The Morgan fingerprint density at radius 1 is 1.18 bits per heavy atom. The van der Waals surface area contributed by atoms with Crippen molar-refractivity contribution in [3.8, 4) is 0 Å². The first kappa shape index (κ1) is 18.0. The Bertz CT molecular complexity index is 1070. The van der Waals surface area contributed by atoms with E-state index in [0.717, 1.165) is 40.4 Å². The predicted molar refractivity (Wildman–Crippen MR) is 107 cm³/mol. The number of hydrogen-bond donors (Lipinski definition) is 1. The molecule has 0 aliphatic carbocycles. The molecule has 9 heteroatoms. The van der Waals surface area contributed by atoms with Crippen LogP contribution in [-0.2, 0) is 11.2 Å². The summed E-state index contributed by atoms with van der Waals surface area (Å²) in [7, 11) is 3.55. The van der Waals surface area contributed by atoms with E-state index in [0.29, 0.717) is 25.2 Å². The van der Waals surface area contributed by atoms with Crippen molar-refractivity contribution in [1.82, 2.24) is 24.6 Å². The molecule has 0 radical (unpaired) electrons. The number of nitrogens with one attached hydrogen (secondary N) is 1. The van der Waals surface area contributed by atoms with Gasteiger partial charge >= 0.3 is 0 Å². The van der Waals surface area contributed by atoms with Crippen LogP contribution in [0, 0.1) is 6.92 Å². The number of carbonyl (C=O) groups is 1. The monoisotopic (exact) mass is 378 g/mol. The van der Waals surface area contributed by atoms with Crippen molar-refractivity contribution in [1.29, 1.82) is 0 Å². The Kier molecular flexibility index (Phi) is 4.72. The third-order valence-electron chi connectivity index (χ3n) is 5.04. The molecule has 0 aromatic carbocycles. The van der Waals surface area contributed by atoms with Crippen molar-refractivity contribution >= 4 is 34.6 Å². The minimum Gasteiger partial charge on any atom is -0.323 e. The second-order valence-electron chi connectivity index (χ2n) is 6.83. The maximum absolute atomic E-state index is 12.4. The number of aliphatic imine (C=N–C) groups is 1. The van der Waals surface area contributed by atoms with Gasteiger partial charge in [0.2, 0.25) is 11.9 Å². The molecule has 3 aromatic rings. The van der Waals surface area contributed by atoms with Gasteiger partial charge in [0, 0.05) is 26.2 Å². The summed E-state index contributed by atoms with van der Waals surface area (Å²) < 4.78 is 1.70. The first-order valence-corrected chi connectivity index (χ1v) is 9.19. The molecule has 0 spiro atoms. The van der Waals surface area contributed by atoms with Gasteiger partial charge in [-0.25, -0.2) is 19.5 Å². The number of nitrogens with zero attached hydrogens (tertiary/aromatic N) is 7. The van der Waals surface area contributed by atoms with Crippen LogP contribution in [0.5, 0.6) is 0 Å². The third-order valence-corrected chi connectivity index (χ3v) is 5.04. The minimum atomic E-state index is 0.0427. The topological polar surface area (TPSA) is 101 Å². The molecule has 4 rings (SSSR count). The molecule has 28 heavy (non-hydrogen) atoms. The van der Waals surface area contributed by atoms with E-state index in [4.69, 9.17) is 4.98 Å². The summed E-state index contributed by atoms with van der Waals surface area (Å²) in [6.07, 6.45) is 7.70. The fourth-order valence-corrected chi connectivity index (χ4v) is 3.31. The molecule has 0 unspecified atom stereocenters. The highest BCUT2D eigenvalue weighted by molar-refractivity contribution is 5.97. The average Bonchev–Trinajstić information content (AvgIpc) is 3.15. The summed E-state index contributed by atoms with van der Waals surface area (Å²) in [6, 6.07) is 1.95. The zero-order valence-electron chi connectivity index (χ0n) is 16.2. The van der Waals surface area contributed by atoms with Gasteiger partial charge in [0.05, 0.1) is 29.5 Å². The lowest BCUT2D eigenvalue weighted by Crippen LogP contribution is -2.27. The van der Waals surface area contributed by atoms with Crippen molar-refractivity contribution < 1.29 is 4.79 Å². The number of aromatic nitrogens is 5. The first-order valence-electron chi connectivity index (χ1n) is 9.19. The van der Waals surface area contributed by atoms with E-state index in [1.807, 2.05) is 19.2 Å². The third kappa shape index (κ3) is 3.42. The van der Waals surface area contributed by atoms with Crippen LogP contribution in [0.2, 0.25) is 0 Å². The fourth-order valence-electron chi connectivity index (χ4n) is 3.31. The molecule has 0 saturated carbocycles. The lowest BCUT2D eigenvalue weighted by molar-refractivity contribution is -0.118. The number of anilines is 3. The molecule has 1 aliphatic heterocycles. The van der Waals surface area contributed by atoms with E-state index < -0.39 is 0 Å². The molecule has 0 saturated heterocycles. The summed E-state index contributed by atoms with van der Waals surface area (Å²) in [6.45, 7) is 1.99. The van der Waals surface area contributed by atoms with Gasteiger partial charge in [0.1, 0.15) is 6.33 Å². The van der Waals surface area contributed by atoms with Crippen LogP contribution in [0.3, 0.4) is 0 Å². The summed E-state index contributed by atoms with van der Waals surface area (Å²) in [4.78, 5) is 31.7. The minimum absolute atomic E-state index is 0.0427. The summed E-state index contributed by atoms with van der Waals surface area (Å²) in [5.41, 5.74) is 5.26. The first-order chi connectivity index (χ1) is 13.5. The molecule has 1 N–H and O–H groups in total. The van der Waals surface area contributed by atoms with Crippen molar-refractivity contribution in [2.75, 3.05) is 24.3 Å². The second kappa shape index (κ2) is 7.34. The highest BCUT2D eigenvalue weighted by Gasteiger charge is 2.20. The van der Waals surface area contributed by atoms with Crippen LogP contribution in [0.15, 0.2) is 29.8 Å². The normalized spacial score (nSPS) is 16.6. The summed E-state index contributed by atoms with van der Waals surface area (Å²) in [5.74, 6) is 0.525. The Hall–Kier alpha value is -3.36. The van der Waals surface area contributed by atoms with E-state index in [2.05, 4.69) is 25.4 Å². The molecule has 4 heterocycles. The fraction of sp³-hybridized carbons (Fsp3) is 0.368. The van der Waals surface area contributed by atoms with Gasteiger partial charge < -0.3 is 10.2 Å². The SMILES string of the molecule is CN=C1CCC(=O)N(C)c2cnc(Nc3cn4ncnc4cc3C)nc2CC1. The van der Waals surface area contributed by atoms with Crippen molar-refractivity contribution in [2.24, 2.45) is 4.99 Å². The number of fused-ring (bicyclic) bond motifs is 2. The number of carbonyl (C=O) groups excluding carboxylic acids is 1. The Morgan fingerprint density at radius 3 is 2.82 bits per heavy atom. The maximum atomic E-state index is 12.4. The molecule has 1 amide bonds. The van der Waals surface area contributed by atoms with Gasteiger partial charge in [-0.2, -0.15) is 5.10 Å². The number of rotatable bonds is 2. The van der Waals surface area contributed by atoms with E-state index in [1.54, 1.807) is 29.7 Å². The molecule has 0 bridgehead atoms. The van der Waals surface area contributed by atoms with Crippen LogP contribution in [0.4, 0.5) is 17.3 Å². The Labute approximate surface area is 162 Å². The van der Waals surface area contributed by atoms with Crippen molar-refractivity contribution in [3.05, 3.63) is 36.0 Å². The van der Waals surface area contributed by atoms with E-state index in [1.165, 1.54) is 6.33 Å². The van der Waals surface area contributed by atoms with Gasteiger partial charge in [0.15, 0.2) is 5.65 Å². The molecule has 0 fully saturated rings. The highest BCUT2D eigenvalue weighted by Crippen LogP contribution is 2.25. The van der Waals surface area contributed by atoms with Gasteiger partial charge in [-0.3, -0.25) is 9.79 Å². The van der Waals surface area contributed by atoms with Gasteiger partial charge in [-0.05, 0) is 37.8 Å². The molecule has 0 atom stereocenters. The van der Waals surface area contributed by atoms with Crippen LogP contribution in [-0.4, -0.2) is 50.3 Å². The zero-order valence-corrected chi connectivity index (χ0v) is 16.2. The molecule has 1 aliphatic rings. The predicted octanol–water partition coefficient (Wildman–Crippen LogP) is 2.33. The van der Waals surface area contributed by atoms with Crippen LogP contribution >= 0.6 is 0 Å². The second-order valence-corrected chi connectivity index (χ2v) is 6.83. The van der Waals surface area contributed by atoms with Gasteiger partial charge in [-0.1, -0.05) is 0 Å². The van der Waals surface area contributed by atoms with Crippen molar-refractivity contribution in [3.63, 3.8) is 0 Å². The molecule has 3 aromatic heterocycles. The highest BCUT2D eigenvalue weighted by atomic mass is 16.2. The summed E-state index contributed by atoms with van der Waals surface area (Å²) in [5, 5.41) is 7.43. The zero-order chi connectivity index (χ0) is 19.7. The van der Waals surface area contributed by atoms with Crippen LogP contribution in [0.1, 0.15) is 30.5 Å². The summed E-state index contributed by atoms with van der Waals surface area (Å²) >= 11 is 0. The van der Waals surface area contributed by atoms with Gasteiger partial charge in [-0.15, -0.1) is 0 Å². The molecule has 9 nitrogen and oxygen atoms in total. The quantitative estimate of drug-likeness (QED) is 0.734. The number of aryl methyl sites for hydroxylation is 2. The lowest BCUT2D eigenvalue weighted by atomic mass is 10.1. The van der Waals surface area contributed by atoms with Crippen molar-refractivity contribution in [2.45, 2.75) is 32.6 Å². The number of amides is 1. The van der Waals surface area contributed by atoms with E-state index >= 15 is 0 Å². The van der Waals surface area contributed by atoms with E-state index in [-0.39, 0.29) is 5.91 Å². The van der Waals surface area contributed by atoms with Crippen LogP contribution in [0.25, 0.3) is 5.65 Å². The van der Waals surface area contributed by atoms with Gasteiger partial charge in [0.25, 0.3) is 0 Å². The lowest BCUT2D eigenvalue weighted by Gasteiger charge is -2.19. The van der Waals surface area contributed by atoms with E-state index in [9.17, 15) is 4.79 Å². The molecule has 144 valence electrons. The number of hydrogen-bond acceptors (Lipinski definition) is 7. The molecular weight excluding hydrogens is 356 g/mol. The smallest absolute Gasteiger partial charge is 0.227 e. The standard InChI is InChI=1S/C19H22N8O/c1-12-8-17-22-11-23-27(17)10-15(12)25-19-21-9-16-14(24-19)6-4-13(20-2)5-7-18(28)26(16)3/h8-11H,4-7H2,1-3H3,(H,21,24,25). The largest absolute Gasteiger partial charge is 0.323 e. The maximum Gasteiger partial charge on any atom is 0.227 e. The average molecular weight is 378 g/mol. The van der Waals surface area contributed by atoms with Crippen LogP contribution < -0.4 is 10.2 Å².